The Labute approximate surface area is 232 Å². The molecule has 7 aliphatic rings. The molecule has 6 bridgehead atoms. The van der Waals surface area contributed by atoms with Gasteiger partial charge in [0.2, 0.25) is 0 Å². The van der Waals surface area contributed by atoms with Crippen LogP contribution in [0.5, 0.6) is 5.75 Å². The minimum atomic E-state index is -4.74. The second kappa shape index (κ2) is 8.75. The third kappa shape index (κ3) is 3.87. The van der Waals surface area contributed by atoms with Crippen LogP contribution in [0.15, 0.2) is 17.0 Å². The molecule has 0 spiro atoms. The zero-order valence-corrected chi connectivity index (χ0v) is 23.5. The van der Waals surface area contributed by atoms with Gasteiger partial charge in [-0.1, -0.05) is 13.8 Å². The lowest BCUT2D eigenvalue weighted by Crippen LogP contribution is -2.54. The molecular weight excluding hydrogens is 540 g/mol. The molecule has 11 heteroatoms. The fourth-order valence-electron chi connectivity index (χ4n) is 8.98. The van der Waals surface area contributed by atoms with Crippen molar-refractivity contribution in [1.82, 2.24) is 0 Å². The van der Waals surface area contributed by atoms with Crippen molar-refractivity contribution < 1.29 is 46.3 Å². The summed E-state index contributed by atoms with van der Waals surface area (Å²) in [6.45, 7) is 4.99. The Morgan fingerprint density at radius 1 is 1.02 bits per heavy atom. The maximum absolute atomic E-state index is 13.7. The number of hydrogen-bond donors (Lipinski definition) is 0. The number of esters is 3. The topological polar surface area (TPSA) is 145 Å². The smallest absolute Gasteiger partial charge is 0.318 e. The normalized spacial score (nSPS) is 40.5. The second-order valence-corrected chi connectivity index (χ2v) is 14.6. The average Bonchev–Trinajstić information content (AvgIpc) is 3.47. The first-order valence-electron chi connectivity index (χ1n) is 14.2. The van der Waals surface area contributed by atoms with Crippen LogP contribution in [0.4, 0.5) is 0 Å². The van der Waals surface area contributed by atoms with Gasteiger partial charge in [0.25, 0.3) is 0 Å². The summed E-state index contributed by atoms with van der Waals surface area (Å²) in [4.78, 5) is 39.7. The van der Waals surface area contributed by atoms with Crippen LogP contribution in [-0.2, 0) is 38.7 Å². The summed E-state index contributed by atoms with van der Waals surface area (Å²) in [6.07, 6.45) is 2.77. The molecule has 6 atom stereocenters. The summed E-state index contributed by atoms with van der Waals surface area (Å²) in [5.74, 6) is -2.11. The fourth-order valence-corrected chi connectivity index (χ4v) is 9.88. The molecule has 6 unspecified atom stereocenters. The maximum atomic E-state index is 13.7. The van der Waals surface area contributed by atoms with Crippen LogP contribution >= 0.6 is 0 Å². The summed E-state index contributed by atoms with van der Waals surface area (Å²) in [7, 11) is -4.74. The Balaban J connectivity index is 1.14. The highest BCUT2D eigenvalue weighted by Gasteiger charge is 2.72. The van der Waals surface area contributed by atoms with Crippen molar-refractivity contribution in [3.8, 4) is 5.75 Å². The monoisotopic (exact) mass is 573 g/mol. The van der Waals surface area contributed by atoms with Gasteiger partial charge in [-0.15, -0.1) is 0 Å². The Morgan fingerprint density at radius 2 is 1.65 bits per heavy atom. The molecule has 1 aromatic carbocycles. The Hall–Kier alpha value is -2.50. The lowest BCUT2D eigenvalue weighted by molar-refractivity contribution is -0.185. The van der Waals surface area contributed by atoms with Crippen molar-refractivity contribution in [1.29, 1.82) is 0 Å². The van der Waals surface area contributed by atoms with Crippen molar-refractivity contribution in [2.24, 2.45) is 35.0 Å². The molecule has 1 aromatic rings. The zero-order valence-electron chi connectivity index (χ0n) is 22.7. The zero-order chi connectivity index (χ0) is 28.3. The number of aryl methyl sites for hydroxylation is 1. The number of carbonyl (C=O) groups is 3. The SMILES string of the molecule is Cc1cc(S(=O)(=O)[O-])c(C(C)C)cc1OC(=O)C1C2OC3C(OC(=O)C31)C2OC(=O)C12CC3CC(CC(C3)C1)C2. The van der Waals surface area contributed by atoms with Gasteiger partial charge in [-0.2, -0.15) is 0 Å². The van der Waals surface area contributed by atoms with E-state index in [-0.39, 0.29) is 33.7 Å². The number of benzene rings is 1. The molecule has 0 aromatic heterocycles. The van der Waals surface area contributed by atoms with E-state index in [1.165, 1.54) is 38.3 Å². The van der Waals surface area contributed by atoms with Crippen LogP contribution in [0.1, 0.15) is 69.4 Å². The summed E-state index contributed by atoms with van der Waals surface area (Å²) in [6, 6.07) is 2.59. The van der Waals surface area contributed by atoms with Gasteiger partial charge in [0.1, 0.15) is 39.9 Å². The van der Waals surface area contributed by atoms with Crippen LogP contribution in [0.2, 0.25) is 0 Å². The van der Waals surface area contributed by atoms with E-state index in [0.717, 1.165) is 19.3 Å². The van der Waals surface area contributed by atoms with E-state index in [2.05, 4.69) is 0 Å². The predicted molar refractivity (Wildman–Crippen MR) is 135 cm³/mol. The molecule has 7 fully saturated rings. The van der Waals surface area contributed by atoms with Gasteiger partial charge in [0, 0.05) is 0 Å². The average molecular weight is 574 g/mol. The van der Waals surface area contributed by atoms with Crippen LogP contribution in [0.3, 0.4) is 0 Å². The highest BCUT2D eigenvalue weighted by molar-refractivity contribution is 7.85. The van der Waals surface area contributed by atoms with Gasteiger partial charge < -0.3 is 23.5 Å². The largest absolute Gasteiger partial charge is 0.744 e. The molecule has 0 amide bonds. The van der Waals surface area contributed by atoms with Crippen LogP contribution < -0.4 is 4.74 Å². The molecule has 3 heterocycles. The lowest BCUT2D eigenvalue weighted by Gasteiger charge is -2.55. The van der Waals surface area contributed by atoms with Crippen LogP contribution in [-0.4, -0.2) is 55.3 Å². The van der Waals surface area contributed by atoms with Crippen molar-refractivity contribution in [3.05, 3.63) is 23.3 Å². The molecule has 4 aliphatic carbocycles. The molecule has 0 N–H and O–H groups in total. The Morgan fingerprint density at radius 3 is 2.23 bits per heavy atom. The minimum Gasteiger partial charge on any atom is -0.744 e. The molecule has 10 nitrogen and oxygen atoms in total. The highest BCUT2D eigenvalue weighted by atomic mass is 32.2. The van der Waals surface area contributed by atoms with Gasteiger partial charge in [0.15, 0.2) is 12.2 Å². The molecule has 40 heavy (non-hydrogen) atoms. The fraction of sp³-hybridized carbons (Fsp3) is 0.690. The van der Waals surface area contributed by atoms with E-state index in [0.29, 0.717) is 17.8 Å². The second-order valence-electron chi connectivity index (χ2n) is 13.3. The maximum Gasteiger partial charge on any atom is 0.318 e. The van der Waals surface area contributed by atoms with E-state index in [4.69, 9.17) is 18.9 Å². The lowest BCUT2D eigenvalue weighted by atomic mass is 9.49. The summed E-state index contributed by atoms with van der Waals surface area (Å²) >= 11 is 0. The molecule has 3 saturated heterocycles. The van der Waals surface area contributed by atoms with Gasteiger partial charge in [0.05, 0.1) is 10.3 Å². The van der Waals surface area contributed by atoms with Crippen molar-refractivity contribution in [2.45, 2.75) is 94.5 Å². The molecule has 8 rings (SSSR count). The van der Waals surface area contributed by atoms with Gasteiger partial charge in [-0.25, -0.2) is 8.42 Å². The number of hydrogen-bond acceptors (Lipinski definition) is 10. The van der Waals surface area contributed by atoms with Crippen molar-refractivity contribution >= 4 is 28.0 Å². The van der Waals surface area contributed by atoms with Crippen LogP contribution in [0, 0.1) is 41.9 Å². The summed E-state index contributed by atoms with van der Waals surface area (Å²) < 4.78 is 58.9. The van der Waals surface area contributed by atoms with E-state index in [1.54, 1.807) is 13.8 Å². The quantitative estimate of drug-likeness (QED) is 0.283. The standard InChI is InChI=1S/C29H34O10S/c1-12(2)17-8-18(13(3)4-19(17)40(33,34)35)36-26(30)20-21-22-24(38-27(21)31)25(23(20)37-22)39-28(32)29-9-14-5-15(10-29)7-16(6-14)11-29/h4,8,12,14-16,20-25H,5-7,9-11H2,1-3H3,(H,33,34,35)/p-1. The molecular formula is C29H33O10S-. The third-order valence-electron chi connectivity index (χ3n) is 10.3. The number of rotatable bonds is 6. The first kappa shape index (κ1) is 26.4. The predicted octanol–water partition coefficient (Wildman–Crippen LogP) is 2.99. The molecule has 4 saturated carbocycles. The van der Waals surface area contributed by atoms with Gasteiger partial charge >= 0.3 is 17.9 Å². The highest BCUT2D eigenvalue weighted by Crippen LogP contribution is 2.61. The minimum absolute atomic E-state index is 0.0916. The van der Waals surface area contributed by atoms with E-state index < -0.39 is 63.7 Å². The van der Waals surface area contributed by atoms with Gasteiger partial charge in [-0.05, 0) is 92.4 Å². The Kier molecular flexibility index (Phi) is 5.78. The van der Waals surface area contributed by atoms with Crippen LogP contribution in [0.25, 0.3) is 0 Å². The van der Waals surface area contributed by atoms with E-state index in [1.807, 2.05) is 0 Å². The number of fused-ring (bicyclic) bond motifs is 1. The summed E-state index contributed by atoms with van der Waals surface area (Å²) in [5.41, 5.74) is 0.00558. The first-order chi connectivity index (χ1) is 18.8. The summed E-state index contributed by atoms with van der Waals surface area (Å²) in [5, 5.41) is 0. The van der Waals surface area contributed by atoms with Crippen molar-refractivity contribution in [3.63, 3.8) is 0 Å². The van der Waals surface area contributed by atoms with E-state index in [9.17, 15) is 27.4 Å². The third-order valence-corrected chi connectivity index (χ3v) is 11.2. The van der Waals surface area contributed by atoms with Gasteiger partial charge in [-0.3, -0.25) is 14.4 Å². The molecule has 0 radical (unpaired) electrons. The number of ether oxygens (including phenoxy) is 4. The molecule has 3 aliphatic heterocycles. The number of carbonyl (C=O) groups excluding carboxylic acids is 3. The van der Waals surface area contributed by atoms with Crippen molar-refractivity contribution in [2.75, 3.05) is 0 Å². The Bertz CT molecular complexity index is 1380. The van der Waals surface area contributed by atoms with E-state index >= 15 is 0 Å². The molecule has 216 valence electrons. The first-order valence-corrected chi connectivity index (χ1v) is 15.6.